The number of fused-ring (bicyclic) bond motifs is 6. The second kappa shape index (κ2) is 10.9. The minimum atomic E-state index is -0.124. The first kappa shape index (κ1) is 29.5. The van der Waals surface area contributed by atoms with Gasteiger partial charge in [-0.3, -0.25) is 0 Å². The van der Waals surface area contributed by atoms with E-state index in [9.17, 15) is 0 Å². The summed E-state index contributed by atoms with van der Waals surface area (Å²) in [5.74, 6) is 0. The normalized spacial score (nSPS) is 14.4. The van der Waals surface area contributed by atoms with Gasteiger partial charge in [0.05, 0.1) is 0 Å². The second-order valence-electron chi connectivity index (χ2n) is 14.6. The van der Waals surface area contributed by atoms with Crippen molar-refractivity contribution in [3.8, 4) is 44.5 Å². The van der Waals surface area contributed by atoms with Gasteiger partial charge >= 0.3 is 0 Å². The lowest BCUT2D eigenvalue weighted by atomic mass is 9.78. The van der Waals surface area contributed by atoms with Gasteiger partial charge in [0.25, 0.3) is 0 Å². The summed E-state index contributed by atoms with van der Waals surface area (Å²) in [5.41, 5.74) is 19.1. The van der Waals surface area contributed by atoms with Crippen LogP contribution in [0.15, 0.2) is 164 Å². The van der Waals surface area contributed by atoms with Gasteiger partial charge in [0.15, 0.2) is 0 Å². The highest BCUT2D eigenvalue weighted by molar-refractivity contribution is 5.94. The molecule has 2 aliphatic carbocycles. The van der Waals surface area contributed by atoms with E-state index in [1.807, 2.05) is 0 Å². The molecule has 0 heterocycles. The molecule has 0 aromatic heterocycles. The molecule has 0 saturated heterocycles. The lowest BCUT2D eigenvalue weighted by Crippen LogP contribution is -2.17. The van der Waals surface area contributed by atoms with Crippen molar-refractivity contribution in [2.75, 3.05) is 4.90 Å². The van der Waals surface area contributed by atoms with Crippen LogP contribution in [-0.2, 0) is 10.8 Å². The number of hydrogen-bond donors (Lipinski definition) is 0. The topological polar surface area (TPSA) is 3.24 Å². The Hall–Kier alpha value is -5.66. The largest absolute Gasteiger partial charge is 0.310 e. The smallest absolute Gasteiger partial charge is 0.0474 e. The Kier molecular flexibility index (Phi) is 6.58. The molecule has 0 fully saturated rings. The number of rotatable bonds is 5. The highest BCUT2D eigenvalue weighted by Gasteiger charge is 2.39. The fourth-order valence-corrected chi connectivity index (χ4v) is 8.61. The van der Waals surface area contributed by atoms with E-state index in [-0.39, 0.29) is 10.8 Å². The zero-order chi connectivity index (χ0) is 33.3. The zero-order valence-corrected chi connectivity index (χ0v) is 28.5. The van der Waals surface area contributed by atoms with E-state index in [4.69, 9.17) is 0 Å². The van der Waals surface area contributed by atoms with Crippen LogP contribution < -0.4 is 4.90 Å². The van der Waals surface area contributed by atoms with Crippen LogP contribution in [0.4, 0.5) is 17.1 Å². The van der Waals surface area contributed by atoms with Crippen LogP contribution in [0.5, 0.6) is 0 Å². The van der Waals surface area contributed by atoms with Crippen molar-refractivity contribution in [3.05, 3.63) is 186 Å². The molecule has 0 N–H and O–H groups in total. The zero-order valence-electron chi connectivity index (χ0n) is 28.5. The fourth-order valence-electron chi connectivity index (χ4n) is 8.61. The highest BCUT2D eigenvalue weighted by Crippen LogP contribution is 2.55. The Morgan fingerprint density at radius 3 is 1.47 bits per heavy atom. The Balaban J connectivity index is 1.30. The Morgan fingerprint density at radius 2 is 0.796 bits per heavy atom. The monoisotopic (exact) mass is 629 g/mol. The van der Waals surface area contributed by atoms with Crippen molar-refractivity contribution in [2.45, 2.75) is 38.5 Å². The first-order valence-corrected chi connectivity index (χ1v) is 17.4. The van der Waals surface area contributed by atoms with E-state index < -0.39 is 0 Å². The van der Waals surface area contributed by atoms with E-state index >= 15 is 0 Å². The molecule has 0 radical (unpaired) electrons. The standard InChI is InChI=1S/C48H39N/c1-47(2)43-21-13-11-19-38(43)41-29-36(27-28-45(41)47)49(35-25-23-33(24-26-35)32-15-7-5-8-16-32)37-30-40(34-17-9-6-10-18-34)46-42(31-37)39-20-12-14-22-44(39)48(46,3)4/h5-31H,1-4H3. The second-order valence-corrected chi connectivity index (χ2v) is 14.6. The van der Waals surface area contributed by atoms with Crippen LogP contribution in [0.25, 0.3) is 44.5 Å². The summed E-state index contributed by atoms with van der Waals surface area (Å²) >= 11 is 0. The van der Waals surface area contributed by atoms with Gasteiger partial charge in [-0.05, 0) is 103 Å². The van der Waals surface area contributed by atoms with Crippen LogP contribution in [0.1, 0.15) is 49.9 Å². The van der Waals surface area contributed by atoms with Crippen LogP contribution >= 0.6 is 0 Å². The van der Waals surface area contributed by atoms with E-state index in [2.05, 4.69) is 196 Å². The average Bonchev–Trinajstić information content (AvgIpc) is 3.52. The molecular formula is C48H39N. The van der Waals surface area contributed by atoms with E-state index in [0.29, 0.717) is 0 Å². The van der Waals surface area contributed by atoms with Crippen molar-refractivity contribution >= 4 is 17.1 Å². The molecule has 0 bridgehead atoms. The van der Waals surface area contributed by atoms with E-state index in [1.54, 1.807) is 0 Å². The number of benzene rings is 7. The molecule has 0 aliphatic heterocycles. The number of hydrogen-bond acceptors (Lipinski definition) is 1. The molecule has 1 heteroatoms. The SMILES string of the molecule is CC1(C)c2ccccc2-c2cc(N(c3ccc(-c4ccccc4)cc3)c3cc(-c4ccccc4)c4c(c3)-c3ccccc3C4(C)C)ccc21. The molecule has 236 valence electrons. The van der Waals surface area contributed by atoms with Crippen molar-refractivity contribution in [2.24, 2.45) is 0 Å². The van der Waals surface area contributed by atoms with Crippen LogP contribution in [0.2, 0.25) is 0 Å². The third-order valence-corrected chi connectivity index (χ3v) is 11.0. The lowest BCUT2D eigenvalue weighted by molar-refractivity contribution is 0.660. The maximum Gasteiger partial charge on any atom is 0.0474 e. The van der Waals surface area contributed by atoms with Gasteiger partial charge in [-0.2, -0.15) is 0 Å². The summed E-state index contributed by atoms with van der Waals surface area (Å²) in [7, 11) is 0. The van der Waals surface area contributed by atoms with Gasteiger partial charge in [-0.15, -0.1) is 0 Å². The molecule has 0 spiro atoms. The molecule has 1 nitrogen and oxygen atoms in total. The maximum atomic E-state index is 2.46. The molecule has 0 atom stereocenters. The fraction of sp³-hybridized carbons (Fsp3) is 0.125. The Bertz CT molecular complexity index is 2360. The summed E-state index contributed by atoms with van der Waals surface area (Å²) in [4.78, 5) is 2.46. The average molecular weight is 630 g/mol. The lowest BCUT2D eigenvalue weighted by Gasteiger charge is -2.30. The summed E-state index contributed by atoms with van der Waals surface area (Å²) in [5, 5.41) is 0. The molecule has 0 unspecified atom stereocenters. The number of nitrogens with zero attached hydrogens (tertiary/aromatic N) is 1. The predicted molar refractivity (Wildman–Crippen MR) is 207 cm³/mol. The van der Waals surface area contributed by atoms with Gasteiger partial charge in [0.2, 0.25) is 0 Å². The summed E-state index contributed by atoms with van der Waals surface area (Å²) in [6, 6.07) is 60.5. The van der Waals surface area contributed by atoms with Crippen LogP contribution in [0, 0.1) is 0 Å². The van der Waals surface area contributed by atoms with Crippen LogP contribution in [0.3, 0.4) is 0 Å². The molecule has 9 rings (SSSR count). The third-order valence-electron chi connectivity index (χ3n) is 11.0. The quantitative estimate of drug-likeness (QED) is 0.183. The van der Waals surface area contributed by atoms with Gasteiger partial charge in [0, 0.05) is 27.9 Å². The van der Waals surface area contributed by atoms with Gasteiger partial charge in [-0.1, -0.05) is 155 Å². The van der Waals surface area contributed by atoms with E-state index in [0.717, 1.165) is 17.1 Å². The van der Waals surface area contributed by atoms with Crippen molar-refractivity contribution in [1.82, 2.24) is 0 Å². The van der Waals surface area contributed by atoms with E-state index in [1.165, 1.54) is 66.8 Å². The molecule has 7 aromatic carbocycles. The maximum absolute atomic E-state index is 2.46. The van der Waals surface area contributed by atoms with Crippen molar-refractivity contribution in [3.63, 3.8) is 0 Å². The molecule has 2 aliphatic rings. The minimum Gasteiger partial charge on any atom is -0.310 e. The van der Waals surface area contributed by atoms with Gasteiger partial charge in [-0.25, -0.2) is 0 Å². The molecule has 49 heavy (non-hydrogen) atoms. The highest BCUT2D eigenvalue weighted by atomic mass is 15.1. The number of anilines is 3. The van der Waals surface area contributed by atoms with Crippen LogP contribution in [-0.4, -0.2) is 0 Å². The first-order valence-electron chi connectivity index (χ1n) is 17.4. The van der Waals surface area contributed by atoms with Crippen molar-refractivity contribution < 1.29 is 0 Å². The summed E-state index contributed by atoms with van der Waals surface area (Å²) in [6.07, 6.45) is 0. The third kappa shape index (κ3) is 4.53. The molecular weight excluding hydrogens is 591 g/mol. The van der Waals surface area contributed by atoms with Gasteiger partial charge in [0.1, 0.15) is 0 Å². The minimum absolute atomic E-state index is 0.0457. The van der Waals surface area contributed by atoms with Gasteiger partial charge < -0.3 is 4.90 Å². The summed E-state index contributed by atoms with van der Waals surface area (Å²) in [6.45, 7) is 9.46. The predicted octanol–water partition coefficient (Wildman–Crippen LogP) is 13.1. The molecule has 0 saturated carbocycles. The summed E-state index contributed by atoms with van der Waals surface area (Å²) < 4.78 is 0. The molecule has 0 amide bonds. The Labute approximate surface area is 290 Å². The first-order chi connectivity index (χ1) is 23.8. The molecule has 7 aromatic rings. The van der Waals surface area contributed by atoms with Crippen molar-refractivity contribution in [1.29, 1.82) is 0 Å². The Morgan fingerprint density at radius 1 is 0.327 bits per heavy atom.